The van der Waals surface area contributed by atoms with Crippen molar-refractivity contribution in [1.82, 2.24) is 0 Å². The zero-order chi connectivity index (χ0) is 21.5. The van der Waals surface area contributed by atoms with Gasteiger partial charge in [0.1, 0.15) is 22.1 Å². The summed E-state index contributed by atoms with van der Waals surface area (Å²) < 4.78 is 24.0. The molecular formula is C23H22FNO4S. The molecule has 0 saturated carbocycles. The molecule has 3 aromatic rings. The number of anilines is 1. The third-order valence-electron chi connectivity index (χ3n) is 4.36. The number of carbonyl (C=O) groups excluding carboxylic acids is 2. The number of ether oxygens (including phenoxy) is 2. The molecule has 3 rings (SSSR count). The van der Waals surface area contributed by atoms with Gasteiger partial charge >= 0.3 is 5.97 Å². The Morgan fingerprint density at radius 1 is 1.10 bits per heavy atom. The molecule has 0 bridgehead atoms. The van der Waals surface area contributed by atoms with Gasteiger partial charge in [0, 0.05) is 10.9 Å². The number of carbonyl (C=O) groups is 2. The van der Waals surface area contributed by atoms with Gasteiger partial charge in [-0.25, -0.2) is 9.18 Å². The molecule has 1 heterocycles. The van der Waals surface area contributed by atoms with Crippen molar-refractivity contribution in [2.75, 3.05) is 18.5 Å². The molecule has 0 radical (unpaired) electrons. The smallest absolute Gasteiger partial charge is 0.341 e. The molecule has 0 fully saturated rings. The molecular weight excluding hydrogens is 405 g/mol. The fourth-order valence-corrected chi connectivity index (χ4v) is 3.84. The summed E-state index contributed by atoms with van der Waals surface area (Å²) in [6, 6.07) is 13.3. The van der Waals surface area contributed by atoms with Crippen LogP contribution in [0.1, 0.15) is 29.8 Å². The van der Waals surface area contributed by atoms with E-state index in [1.165, 1.54) is 23.5 Å². The van der Waals surface area contributed by atoms with Crippen LogP contribution >= 0.6 is 11.3 Å². The highest BCUT2D eigenvalue weighted by Gasteiger charge is 2.23. The molecule has 0 aliphatic heterocycles. The lowest BCUT2D eigenvalue weighted by molar-refractivity contribution is -0.118. The molecule has 1 amide bonds. The monoisotopic (exact) mass is 427 g/mol. The highest BCUT2D eigenvalue weighted by molar-refractivity contribution is 7.15. The number of rotatable bonds is 8. The topological polar surface area (TPSA) is 64.6 Å². The van der Waals surface area contributed by atoms with E-state index in [0.29, 0.717) is 21.9 Å². The van der Waals surface area contributed by atoms with Gasteiger partial charge in [-0.15, -0.1) is 11.3 Å². The van der Waals surface area contributed by atoms with Gasteiger partial charge in [-0.3, -0.25) is 4.79 Å². The van der Waals surface area contributed by atoms with Gasteiger partial charge in [0.25, 0.3) is 5.91 Å². The van der Waals surface area contributed by atoms with Crippen molar-refractivity contribution in [3.63, 3.8) is 0 Å². The van der Waals surface area contributed by atoms with Crippen molar-refractivity contribution < 1.29 is 23.5 Å². The average molecular weight is 427 g/mol. The van der Waals surface area contributed by atoms with Crippen LogP contribution in [-0.2, 0) is 16.0 Å². The van der Waals surface area contributed by atoms with Crippen molar-refractivity contribution in [2.24, 2.45) is 0 Å². The molecule has 0 unspecified atom stereocenters. The van der Waals surface area contributed by atoms with Crippen molar-refractivity contribution in [3.8, 4) is 16.9 Å². The van der Waals surface area contributed by atoms with E-state index in [-0.39, 0.29) is 24.6 Å². The molecule has 0 aliphatic carbocycles. The lowest BCUT2D eigenvalue weighted by atomic mass is 10.0. The normalized spacial score (nSPS) is 10.5. The molecule has 1 aromatic heterocycles. The first-order valence-corrected chi connectivity index (χ1v) is 10.5. The number of nitrogens with one attached hydrogen (secondary N) is 1. The maximum Gasteiger partial charge on any atom is 0.341 e. The number of thiophene rings is 1. The minimum absolute atomic E-state index is 0.195. The van der Waals surface area contributed by atoms with Crippen LogP contribution in [0.15, 0.2) is 53.9 Å². The first kappa shape index (κ1) is 21.5. The second-order valence-corrected chi connectivity index (χ2v) is 7.30. The second kappa shape index (κ2) is 10.0. The molecule has 2 aromatic carbocycles. The number of aryl methyl sites for hydroxylation is 1. The summed E-state index contributed by atoms with van der Waals surface area (Å²) in [7, 11) is 0. The molecule has 0 atom stereocenters. The lowest BCUT2D eigenvalue weighted by Crippen LogP contribution is -2.21. The van der Waals surface area contributed by atoms with Gasteiger partial charge in [-0.05, 0) is 48.7 Å². The lowest BCUT2D eigenvalue weighted by Gasteiger charge is -2.10. The minimum atomic E-state index is -0.551. The first-order valence-electron chi connectivity index (χ1n) is 9.58. The third kappa shape index (κ3) is 5.24. The maximum absolute atomic E-state index is 13.3. The van der Waals surface area contributed by atoms with E-state index in [1.54, 1.807) is 30.5 Å². The quantitative estimate of drug-likeness (QED) is 0.495. The van der Waals surface area contributed by atoms with E-state index in [9.17, 15) is 14.0 Å². The summed E-state index contributed by atoms with van der Waals surface area (Å²) in [6.07, 6.45) is 0.869. The molecule has 156 valence electrons. The second-order valence-electron chi connectivity index (χ2n) is 6.42. The van der Waals surface area contributed by atoms with E-state index in [2.05, 4.69) is 5.32 Å². The number of amides is 1. The van der Waals surface area contributed by atoms with Crippen molar-refractivity contribution >= 4 is 28.2 Å². The SMILES string of the molecule is CCOC(=O)c1c(-c2ccc(F)cc2)csc1NC(=O)COc1cccc(CC)c1. The molecule has 1 N–H and O–H groups in total. The minimum Gasteiger partial charge on any atom is -0.484 e. The van der Waals surface area contributed by atoms with Gasteiger partial charge < -0.3 is 14.8 Å². The van der Waals surface area contributed by atoms with E-state index in [1.807, 2.05) is 25.1 Å². The maximum atomic E-state index is 13.3. The predicted octanol–water partition coefficient (Wildman–Crippen LogP) is 5.31. The van der Waals surface area contributed by atoms with Crippen LogP contribution in [0.4, 0.5) is 9.39 Å². The summed E-state index contributed by atoms with van der Waals surface area (Å²) in [5.41, 5.74) is 2.59. The van der Waals surface area contributed by atoms with Crippen LogP contribution in [0.25, 0.3) is 11.1 Å². The van der Waals surface area contributed by atoms with E-state index in [4.69, 9.17) is 9.47 Å². The molecule has 7 heteroatoms. The van der Waals surface area contributed by atoms with E-state index < -0.39 is 11.9 Å². The van der Waals surface area contributed by atoms with Crippen LogP contribution in [0.5, 0.6) is 5.75 Å². The van der Waals surface area contributed by atoms with Crippen LogP contribution in [0.2, 0.25) is 0 Å². The van der Waals surface area contributed by atoms with Crippen LogP contribution in [-0.4, -0.2) is 25.1 Å². The highest BCUT2D eigenvalue weighted by atomic mass is 32.1. The Morgan fingerprint density at radius 3 is 2.57 bits per heavy atom. The van der Waals surface area contributed by atoms with Gasteiger partial charge in [-0.2, -0.15) is 0 Å². The van der Waals surface area contributed by atoms with Crippen LogP contribution in [0.3, 0.4) is 0 Å². The van der Waals surface area contributed by atoms with Gasteiger partial charge in [-0.1, -0.05) is 31.2 Å². The van der Waals surface area contributed by atoms with Crippen LogP contribution < -0.4 is 10.1 Å². The number of halogens is 1. The number of esters is 1. The Kier molecular flexibility index (Phi) is 7.19. The zero-order valence-corrected chi connectivity index (χ0v) is 17.6. The van der Waals surface area contributed by atoms with Gasteiger partial charge in [0.05, 0.1) is 6.61 Å². The largest absolute Gasteiger partial charge is 0.484 e. The van der Waals surface area contributed by atoms with E-state index in [0.717, 1.165) is 12.0 Å². The Labute approximate surface area is 178 Å². The summed E-state index contributed by atoms with van der Waals surface area (Å²) >= 11 is 1.20. The first-order chi connectivity index (χ1) is 14.5. The summed E-state index contributed by atoms with van der Waals surface area (Å²) in [5.74, 6) is -0.710. The summed E-state index contributed by atoms with van der Waals surface area (Å²) in [6.45, 7) is 3.75. The van der Waals surface area contributed by atoms with Gasteiger partial charge in [0.15, 0.2) is 6.61 Å². The molecule has 0 spiro atoms. The number of hydrogen-bond donors (Lipinski definition) is 1. The third-order valence-corrected chi connectivity index (χ3v) is 5.25. The van der Waals surface area contributed by atoms with E-state index >= 15 is 0 Å². The van der Waals surface area contributed by atoms with Crippen LogP contribution in [0, 0.1) is 5.82 Å². The zero-order valence-electron chi connectivity index (χ0n) is 16.7. The average Bonchev–Trinajstić information content (AvgIpc) is 3.16. The summed E-state index contributed by atoms with van der Waals surface area (Å²) in [5, 5.41) is 4.83. The van der Waals surface area contributed by atoms with Gasteiger partial charge in [0.2, 0.25) is 0 Å². The predicted molar refractivity (Wildman–Crippen MR) is 116 cm³/mol. The summed E-state index contributed by atoms with van der Waals surface area (Å²) in [4.78, 5) is 25.0. The molecule has 5 nitrogen and oxygen atoms in total. The standard InChI is InChI=1S/C23H22FNO4S/c1-3-15-6-5-7-18(12-15)29-13-20(26)25-22-21(23(27)28-4-2)19(14-30-22)16-8-10-17(24)11-9-16/h5-12,14H,3-4,13H2,1-2H3,(H,25,26). The Bertz CT molecular complexity index is 1030. The molecule has 0 saturated heterocycles. The Balaban J connectivity index is 1.78. The number of benzene rings is 2. The molecule has 0 aliphatic rings. The van der Waals surface area contributed by atoms with Crippen molar-refractivity contribution in [1.29, 1.82) is 0 Å². The Morgan fingerprint density at radius 2 is 1.87 bits per heavy atom. The fraction of sp³-hybridized carbons (Fsp3) is 0.217. The highest BCUT2D eigenvalue weighted by Crippen LogP contribution is 2.36. The Hall–Kier alpha value is -3.19. The molecule has 30 heavy (non-hydrogen) atoms. The number of hydrogen-bond acceptors (Lipinski definition) is 5. The van der Waals surface area contributed by atoms with Crippen molar-refractivity contribution in [3.05, 3.63) is 70.9 Å². The fourth-order valence-electron chi connectivity index (χ4n) is 2.86. The van der Waals surface area contributed by atoms with Crippen molar-refractivity contribution in [2.45, 2.75) is 20.3 Å².